The van der Waals surface area contributed by atoms with Crippen LogP contribution >= 0.6 is 15.9 Å². The Morgan fingerprint density at radius 2 is 1.95 bits per heavy atom. The van der Waals surface area contributed by atoms with Crippen LogP contribution in [-0.4, -0.2) is 21.0 Å². The first-order chi connectivity index (χ1) is 9.99. The molecule has 4 nitrogen and oxygen atoms in total. The Morgan fingerprint density at radius 1 is 1.29 bits per heavy atom. The van der Waals surface area contributed by atoms with Gasteiger partial charge in [-0.2, -0.15) is 0 Å². The first-order valence-corrected chi connectivity index (χ1v) is 7.60. The molecule has 0 saturated heterocycles. The van der Waals surface area contributed by atoms with E-state index in [1.54, 1.807) is 13.0 Å². The van der Waals surface area contributed by atoms with Gasteiger partial charge in [0.05, 0.1) is 5.69 Å². The van der Waals surface area contributed by atoms with Crippen molar-refractivity contribution in [2.24, 2.45) is 0 Å². The summed E-state index contributed by atoms with van der Waals surface area (Å²) in [5.74, 6) is -0.900. The van der Waals surface area contributed by atoms with Crippen LogP contribution in [-0.2, 0) is 17.6 Å². The summed E-state index contributed by atoms with van der Waals surface area (Å²) in [5.41, 5.74) is 2.43. The van der Waals surface area contributed by atoms with Gasteiger partial charge in [0, 0.05) is 10.2 Å². The highest BCUT2D eigenvalue weighted by Crippen LogP contribution is 2.22. The van der Waals surface area contributed by atoms with Crippen LogP contribution in [0.25, 0.3) is 0 Å². The minimum absolute atomic E-state index is 0.419. The van der Waals surface area contributed by atoms with Gasteiger partial charge in [0.25, 0.3) is 0 Å². The molecule has 2 aromatic rings. The Labute approximate surface area is 132 Å². The Balaban J connectivity index is 2.32. The van der Waals surface area contributed by atoms with Crippen molar-refractivity contribution in [2.45, 2.75) is 32.6 Å². The number of hydrogen-bond acceptors (Lipinski definition) is 3. The summed E-state index contributed by atoms with van der Waals surface area (Å²) < 4.78 is 0.976. The van der Waals surface area contributed by atoms with E-state index in [1.165, 1.54) is 0 Å². The van der Waals surface area contributed by atoms with Crippen molar-refractivity contribution in [3.8, 4) is 0 Å². The number of rotatable bonds is 5. The SMILES string of the molecule is CCc1cc(C(Cc2ccc(Br)cc2)C(=O)O)nc(C)n1. The van der Waals surface area contributed by atoms with Crippen molar-refractivity contribution >= 4 is 21.9 Å². The summed E-state index contributed by atoms with van der Waals surface area (Å²) in [4.78, 5) is 20.2. The summed E-state index contributed by atoms with van der Waals surface area (Å²) >= 11 is 3.38. The number of carbonyl (C=O) groups is 1. The molecule has 1 heterocycles. The number of benzene rings is 1. The Kier molecular flexibility index (Phi) is 5.07. The molecule has 2 rings (SSSR count). The van der Waals surface area contributed by atoms with Gasteiger partial charge in [0.15, 0.2) is 0 Å². The van der Waals surface area contributed by atoms with Crippen LogP contribution in [0.5, 0.6) is 0 Å². The molecule has 1 aromatic carbocycles. The van der Waals surface area contributed by atoms with Gasteiger partial charge in [-0.3, -0.25) is 4.79 Å². The van der Waals surface area contributed by atoms with Crippen LogP contribution in [0.2, 0.25) is 0 Å². The molecule has 0 aliphatic rings. The zero-order chi connectivity index (χ0) is 15.4. The highest BCUT2D eigenvalue weighted by atomic mass is 79.9. The second-order valence-electron chi connectivity index (χ2n) is 4.91. The van der Waals surface area contributed by atoms with E-state index < -0.39 is 11.9 Å². The van der Waals surface area contributed by atoms with Gasteiger partial charge in [0.1, 0.15) is 11.7 Å². The molecule has 5 heteroatoms. The van der Waals surface area contributed by atoms with Crippen LogP contribution in [0.4, 0.5) is 0 Å². The normalized spacial score (nSPS) is 12.1. The molecule has 0 aliphatic carbocycles. The largest absolute Gasteiger partial charge is 0.481 e. The average Bonchev–Trinajstić information content (AvgIpc) is 2.45. The zero-order valence-corrected chi connectivity index (χ0v) is 13.6. The van der Waals surface area contributed by atoms with Gasteiger partial charge < -0.3 is 5.11 Å². The third kappa shape index (κ3) is 4.11. The van der Waals surface area contributed by atoms with Gasteiger partial charge in [0.2, 0.25) is 0 Å². The number of halogens is 1. The van der Waals surface area contributed by atoms with Crippen molar-refractivity contribution in [1.82, 2.24) is 9.97 Å². The second-order valence-corrected chi connectivity index (χ2v) is 5.82. The van der Waals surface area contributed by atoms with E-state index in [4.69, 9.17) is 0 Å². The molecule has 0 aliphatic heterocycles. The first kappa shape index (κ1) is 15.6. The molecule has 1 aromatic heterocycles. The number of aromatic nitrogens is 2. The summed E-state index contributed by atoms with van der Waals surface area (Å²) in [7, 11) is 0. The Morgan fingerprint density at radius 3 is 2.52 bits per heavy atom. The molecule has 0 saturated carbocycles. The first-order valence-electron chi connectivity index (χ1n) is 6.81. The monoisotopic (exact) mass is 348 g/mol. The predicted molar refractivity (Wildman–Crippen MR) is 84.4 cm³/mol. The van der Waals surface area contributed by atoms with E-state index in [2.05, 4.69) is 25.9 Å². The van der Waals surface area contributed by atoms with Crippen molar-refractivity contribution < 1.29 is 9.90 Å². The van der Waals surface area contributed by atoms with Gasteiger partial charge in [-0.25, -0.2) is 9.97 Å². The Hall–Kier alpha value is -1.75. The van der Waals surface area contributed by atoms with E-state index in [9.17, 15) is 9.90 Å². The number of nitrogens with zero attached hydrogens (tertiary/aromatic N) is 2. The molecular weight excluding hydrogens is 332 g/mol. The quantitative estimate of drug-likeness (QED) is 0.897. The summed E-state index contributed by atoms with van der Waals surface area (Å²) in [6.45, 7) is 3.79. The maximum atomic E-state index is 11.6. The maximum Gasteiger partial charge on any atom is 0.312 e. The summed E-state index contributed by atoms with van der Waals surface area (Å²) in [5, 5.41) is 9.53. The Bertz CT molecular complexity index is 641. The average molecular weight is 349 g/mol. The van der Waals surface area contributed by atoms with Gasteiger partial charge >= 0.3 is 5.97 Å². The molecule has 1 atom stereocenters. The van der Waals surface area contributed by atoms with Crippen molar-refractivity contribution in [3.63, 3.8) is 0 Å². The van der Waals surface area contributed by atoms with E-state index in [0.29, 0.717) is 17.9 Å². The lowest BCUT2D eigenvalue weighted by molar-refractivity contribution is -0.138. The summed E-state index contributed by atoms with van der Waals surface area (Å²) in [6.07, 6.45) is 1.18. The maximum absolute atomic E-state index is 11.6. The topological polar surface area (TPSA) is 63.1 Å². The molecule has 0 fully saturated rings. The fourth-order valence-corrected chi connectivity index (χ4v) is 2.45. The molecule has 0 radical (unpaired) electrons. The third-order valence-electron chi connectivity index (χ3n) is 3.28. The van der Waals surface area contributed by atoms with Gasteiger partial charge in [-0.15, -0.1) is 0 Å². The molecule has 1 N–H and O–H groups in total. The minimum atomic E-state index is -0.863. The lowest BCUT2D eigenvalue weighted by atomic mass is 9.95. The fraction of sp³-hybridized carbons (Fsp3) is 0.312. The predicted octanol–water partition coefficient (Wildman–Crippen LogP) is 3.52. The smallest absolute Gasteiger partial charge is 0.312 e. The molecule has 21 heavy (non-hydrogen) atoms. The van der Waals surface area contributed by atoms with Crippen molar-refractivity contribution in [2.75, 3.05) is 0 Å². The van der Waals surface area contributed by atoms with Crippen LogP contribution in [0.3, 0.4) is 0 Å². The number of aliphatic carboxylic acids is 1. The number of hydrogen-bond donors (Lipinski definition) is 1. The highest BCUT2D eigenvalue weighted by Gasteiger charge is 2.22. The molecule has 0 amide bonds. The highest BCUT2D eigenvalue weighted by molar-refractivity contribution is 9.10. The molecule has 1 unspecified atom stereocenters. The number of carboxylic acids is 1. The van der Waals surface area contributed by atoms with Crippen LogP contribution in [0, 0.1) is 6.92 Å². The third-order valence-corrected chi connectivity index (χ3v) is 3.81. The van der Waals surface area contributed by atoms with Crippen LogP contribution in [0.1, 0.15) is 35.6 Å². The van der Waals surface area contributed by atoms with E-state index >= 15 is 0 Å². The van der Waals surface area contributed by atoms with Crippen molar-refractivity contribution in [1.29, 1.82) is 0 Å². The fourth-order valence-electron chi connectivity index (χ4n) is 2.19. The second kappa shape index (κ2) is 6.80. The number of carboxylic acid groups (broad SMARTS) is 1. The van der Waals surface area contributed by atoms with Gasteiger partial charge in [-0.05, 0) is 43.5 Å². The standard InChI is InChI=1S/C16H17BrN2O2/c1-3-13-9-15(19-10(2)18-13)14(16(20)21)8-11-4-6-12(17)7-5-11/h4-7,9,14H,3,8H2,1-2H3,(H,20,21). The van der Waals surface area contributed by atoms with Crippen molar-refractivity contribution in [3.05, 3.63) is 57.6 Å². The molecular formula is C16H17BrN2O2. The lowest BCUT2D eigenvalue weighted by Crippen LogP contribution is -2.17. The van der Waals surface area contributed by atoms with Crippen LogP contribution < -0.4 is 0 Å². The van der Waals surface area contributed by atoms with Gasteiger partial charge in [-0.1, -0.05) is 35.0 Å². The van der Waals surface area contributed by atoms with E-state index in [1.807, 2.05) is 31.2 Å². The van der Waals surface area contributed by atoms with Crippen LogP contribution in [0.15, 0.2) is 34.8 Å². The molecule has 0 spiro atoms. The lowest BCUT2D eigenvalue weighted by Gasteiger charge is -2.13. The number of aryl methyl sites for hydroxylation is 2. The zero-order valence-electron chi connectivity index (χ0n) is 12.0. The summed E-state index contributed by atoms with van der Waals surface area (Å²) in [6, 6.07) is 9.47. The molecule has 0 bridgehead atoms. The minimum Gasteiger partial charge on any atom is -0.481 e. The molecule has 110 valence electrons. The van der Waals surface area contributed by atoms with E-state index in [-0.39, 0.29) is 0 Å². The van der Waals surface area contributed by atoms with E-state index in [0.717, 1.165) is 22.2 Å².